The molecule has 32 heavy (non-hydrogen) atoms. The first kappa shape index (κ1) is 22.6. The minimum atomic E-state index is -0.461. The molecule has 2 heterocycles. The molecule has 1 fully saturated rings. The van der Waals surface area contributed by atoms with Crippen LogP contribution in [0.4, 0.5) is 0 Å². The average Bonchev–Trinajstić information content (AvgIpc) is 3.30. The van der Waals surface area contributed by atoms with Crippen molar-refractivity contribution in [2.75, 3.05) is 19.7 Å². The Morgan fingerprint density at radius 1 is 1.28 bits per heavy atom. The second-order valence-electron chi connectivity index (χ2n) is 7.94. The third-order valence-electron chi connectivity index (χ3n) is 5.49. The number of hydrogen-bond acceptors (Lipinski definition) is 7. The molecule has 170 valence electrons. The third-order valence-corrected chi connectivity index (χ3v) is 5.85. The lowest BCUT2D eigenvalue weighted by atomic mass is 9.94. The average molecular weight is 457 g/mol. The summed E-state index contributed by atoms with van der Waals surface area (Å²) in [5.74, 6) is 1.52. The highest BCUT2D eigenvalue weighted by Crippen LogP contribution is 2.33. The number of benzene rings is 2. The standard InChI is InChI=1S/C24H29ClN4O3/c1-2-31-20-6-3-16(4-7-20)11-18-12-17(5-8-22(18)25)23-14-19(30)13-21(32-23)15-28-29-24-26-9-10-27-24/h3-8,12,15,19,21,23,30H,2,9-11,13-14H2,1H3,(H2,26,27,29)/b28-15-. The molecule has 3 atom stereocenters. The fourth-order valence-corrected chi connectivity index (χ4v) is 4.10. The Morgan fingerprint density at radius 2 is 2.12 bits per heavy atom. The summed E-state index contributed by atoms with van der Waals surface area (Å²) in [4.78, 5) is 4.23. The number of aliphatic hydroxyl groups excluding tert-OH is 1. The van der Waals surface area contributed by atoms with E-state index in [1.165, 1.54) is 0 Å². The Labute approximate surface area is 193 Å². The van der Waals surface area contributed by atoms with E-state index in [2.05, 4.69) is 39.0 Å². The Kier molecular flexibility index (Phi) is 7.63. The Balaban J connectivity index is 1.43. The zero-order valence-corrected chi connectivity index (χ0v) is 18.9. The summed E-state index contributed by atoms with van der Waals surface area (Å²) in [5.41, 5.74) is 6.05. The first-order chi connectivity index (χ1) is 15.6. The van der Waals surface area contributed by atoms with Crippen LogP contribution in [0.5, 0.6) is 5.75 Å². The van der Waals surface area contributed by atoms with Gasteiger partial charge in [-0.15, -0.1) is 0 Å². The zero-order valence-electron chi connectivity index (χ0n) is 18.1. The molecule has 8 heteroatoms. The van der Waals surface area contributed by atoms with Gasteiger partial charge in [-0.1, -0.05) is 35.9 Å². The third kappa shape index (κ3) is 6.00. The van der Waals surface area contributed by atoms with Crippen LogP contribution >= 0.6 is 11.6 Å². The van der Waals surface area contributed by atoms with Gasteiger partial charge in [0.25, 0.3) is 0 Å². The molecule has 2 aromatic carbocycles. The van der Waals surface area contributed by atoms with Crippen LogP contribution < -0.4 is 15.5 Å². The number of hydrazone groups is 1. The maximum Gasteiger partial charge on any atom is 0.212 e. The minimum absolute atomic E-state index is 0.228. The van der Waals surface area contributed by atoms with Crippen LogP contribution in [0.2, 0.25) is 5.02 Å². The topological polar surface area (TPSA) is 87.5 Å². The molecular formula is C24H29ClN4O3. The van der Waals surface area contributed by atoms with E-state index < -0.39 is 6.10 Å². The van der Waals surface area contributed by atoms with Crippen LogP contribution in [0.25, 0.3) is 0 Å². The van der Waals surface area contributed by atoms with Gasteiger partial charge in [0.05, 0.1) is 37.7 Å². The lowest BCUT2D eigenvalue weighted by Crippen LogP contribution is -2.34. The van der Waals surface area contributed by atoms with Gasteiger partial charge in [-0.25, -0.2) is 10.4 Å². The van der Waals surface area contributed by atoms with E-state index in [1.54, 1.807) is 6.21 Å². The highest BCUT2D eigenvalue weighted by Gasteiger charge is 2.29. The molecule has 0 saturated carbocycles. The van der Waals surface area contributed by atoms with Gasteiger partial charge in [0.15, 0.2) is 0 Å². The first-order valence-electron chi connectivity index (χ1n) is 11.0. The van der Waals surface area contributed by atoms with Gasteiger partial charge in [-0.2, -0.15) is 5.10 Å². The van der Waals surface area contributed by atoms with Gasteiger partial charge < -0.3 is 19.9 Å². The van der Waals surface area contributed by atoms with Crippen LogP contribution in [-0.4, -0.2) is 49.2 Å². The molecule has 0 bridgehead atoms. The molecule has 3 N–H and O–H groups in total. The van der Waals surface area contributed by atoms with E-state index in [9.17, 15) is 5.11 Å². The van der Waals surface area contributed by atoms with Crippen molar-refractivity contribution >= 4 is 23.8 Å². The van der Waals surface area contributed by atoms with Crippen molar-refractivity contribution in [3.63, 3.8) is 0 Å². The second kappa shape index (κ2) is 10.8. The second-order valence-corrected chi connectivity index (χ2v) is 8.35. The molecule has 0 spiro atoms. The smallest absolute Gasteiger partial charge is 0.212 e. The van der Waals surface area contributed by atoms with Crippen molar-refractivity contribution in [3.05, 3.63) is 64.2 Å². The van der Waals surface area contributed by atoms with Gasteiger partial charge in [-0.05, 0) is 48.2 Å². The van der Waals surface area contributed by atoms with E-state index in [-0.39, 0.29) is 12.2 Å². The Bertz CT molecular complexity index is 964. The number of rotatable bonds is 7. The van der Waals surface area contributed by atoms with Crippen molar-refractivity contribution in [1.29, 1.82) is 0 Å². The molecule has 7 nitrogen and oxygen atoms in total. The first-order valence-corrected chi connectivity index (χ1v) is 11.4. The van der Waals surface area contributed by atoms with Gasteiger partial charge in [0.2, 0.25) is 5.96 Å². The molecule has 4 rings (SSSR count). The number of halogens is 1. The SMILES string of the molecule is CCOc1ccc(Cc2cc(C3CC(O)CC(/C=N\NC4=NCCN4)O3)ccc2Cl)cc1. The maximum atomic E-state index is 10.4. The number of aliphatic hydroxyl groups is 1. The zero-order chi connectivity index (χ0) is 22.3. The van der Waals surface area contributed by atoms with E-state index in [0.717, 1.165) is 35.5 Å². The van der Waals surface area contributed by atoms with Crippen molar-refractivity contribution in [2.45, 2.75) is 44.5 Å². The highest BCUT2D eigenvalue weighted by molar-refractivity contribution is 6.31. The molecule has 2 aliphatic rings. The van der Waals surface area contributed by atoms with Crippen LogP contribution in [0.3, 0.4) is 0 Å². The monoisotopic (exact) mass is 456 g/mol. The predicted octanol–water partition coefficient (Wildman–Crippen LogP) is 3.45. The van der Waals surface area contributed by atoms with Crippen LogP contribution in [0.1, 0.15) is 42.6 Å². The van der Waals surface area contributed by atoms with E-state index >= 15 is 0 Å². The van der Waals surface area contributed by atoms with E-state index in [4.69, 9.17) is 21.1 Å². The van der Waals surface area contributed by atoms with Crippen LogP contribution in [0, 0.1) is 0 Å². The molecule has 2 aromatic rings. The highest BCUT2D eigenvalue weighted by atomic mass is 35.5. The molecule has 2 aliphatic heterocycles. The molecule has 0 aromatic heterocycles. The maximum absolute atomic E-state index is 10.4. The van der Waals surface area contributed by atoms with Gasteiger partial charge in [0, 0.05) is 24.4 Å². The molecular weight excluding hydrogens is 428 g/mol. The number of hydrogen-bond donors (Lipinski definition) is 3. The lowest BCUT2D eigenvalue weighted by Gasteiger charge is -2.32. The molecule has 3 unspecified atom stereocenters. The van der Waals surface area contributed by atoms with Crippen molar-refractivity contribution < 1.29 is 14.6 Å². The number of nitrogens with zero attached hydrogens (tertiary/aromatic N) is 2. The van der Waals surface area contributed by atoms with Crippen LogP contribution in [0.15, 0.2) is 52.6 Å². The fourth-order valence-electron chi connectivity index (χ4n) is 3.92. The van der Waals surface area contributed by atoms with Crippen molar-refractivity contribution in [2.24, 2.45) is 10.1 Å². The van der Waals surface area contributed by atoms with Gasteiger partial charge in [-0.3, -0.25) is 0 Å². The van der Waals surface area contributed by atoms with Gasteiger partial charge >= 0.3 is 0 Å². The predicted molar refractivity (Wildman–Crippen MR) is 127 cm³/mol. The minimum Gasteiger partial charge on any atom is -0.494 e. The summed E-state index contributed by atoms with van der Waals surface area (Å²) in [5, 5.41) is 18.4. The quantitative estimate of drug-likeness (QED) is 0.439. The fraction of sp³-hybridized carbons (Fsp3) is 0.417. The van der Waals surface area contributed by atoms with Gasteiger partial charge in [0.1, 0.15) is 5.75 Å². The van der Waals surface area contributed by atoms with Crippen molar-refractivity contribution in [3.8, 4) is 5.75 Å². The number of nitrogens with one attached hydrogen (secondary N) is 2. The summed E-state index contributed by atoms with van der Waals surface area (Å²) in [6, 6.07) is 14.0. The normalized spacial score (nSPS) is 23.1. The number of aliphatic imine (C=N–C) groups is 1. The summed E-state index contributed by atoms with van der Waals surface area (Å²) >= 11 is 6.49. The molecule has 0 radical (unpaired) electrons. The van der Waals surface area contributed by atoms with E-state index in [0.29, 0.717) is 36.9 Å². The summed E-state index contributed by atoms with van der Waals surface area (Å²) in [7, 11) is 0. The van der Waals surface area contributed by atoms with E-state index in [1.807, 2.05) is 31.2 Å². The summed E-state index contributed by atoms with van der Waals surface area (Å²) < 4.78 is 11.7. The molecule has 0 aliphatic carbocycles. The van der Waals surface area contributed by atoms with Crippen molar-refractivity contribution in [1.82, 2.24) is 10.7 Å². The van der Waals surface area contributed by atoms with Crippen LogP contribution in [-0.2, 0) is 11.2 Å². The summed E-state index contributed by atoms with van der Waals surface area (Å²) in [6.45, 7) is 4.17. The largest absolute Gasteiger partial charge is 0.494 e. The Hall–Kier alpha value is -2.61. The Morgan fingerprint density at radius 3 is 2.88 bits per heavy atom. The lowest BCUT2D eigenvalue weighted by molar-refractivity contribution is -0.0681. The molecule has 1 saturated heterocycles. The number of guanidine groups is 1. The molecule has 0 amide bonds. The number of ether oxygens (including phenoxy) is 2. The summed E-state index contributed by atoms with van der Waals surface area (Å²) in [6.07, 6.45) is 2.46.